The van der Waals surface area contributed by atoms with Gasteiger partial charge >= 0.3 is 0 Å². The Kier molecular flexibility index (Phi) is 7.90. The van der Waals surface area contributed by atoms with Crippen molar-refractivity contribution in [1.29, 1.82) is 0 Å². The van der Waals surface area contributed by atoms with Gasteiger partial charge in [-0.15, -0.1) is 0 Å². The molecular weight excluding hydrogens is 406 g/mol. The number of aryl methyl sites for hydroxylation is 1. The first-order valence-electron chi connectivity index (χ1n) is 11.5. The lowest BCUT2D eigenvalue weighted by Crippen LogP contribution is -2.44. The normalized spacial score (nSPS) is 18.1. The highest BCUT2D eigenvalue weighted by atomic mass is 16.5. The van der Waals surface area contributed by atoms with Gasteiger partial charge in [0.1, 0.15) is 5.82 Å². The van der Waals surface area contributed by atoms with E-state index in [2.05, 4.69) is 10.6 Å². The van der Waals surface area contributed by atoms with Crippen LogP contribution in [0.3, 0.4) is 0 Å². The van der Waals surface area contributed by atoms with E-state index < -0.39 is 17.4 Å². The Bertz CT molecular complexity index is 939. The summed E-state index contributed by atoms with van der Waals surface area (Å²) in [5.41, 5.74) is 13.1. The van der Waals surface area contributed by atoms with Crippen molar-refractivity contribution < 1.29 is 14.3 Å². The van der Waals surface area contributed by atoms with Crippen molar-refractivity contribution in [3.8, 4) is 0 Å². The molecule has 2 heterocycles. The summed E-state index contributed by atoms with van der Waals surface area (Å²) < 4.78 is 7.53. The predicted octanol–water partition coefficient (Wildman–Crippen LogP) is 2.40. The molecule has 2 amide bonds. The number of hydrogen-bond donors (Lipinski definition) is 2. The molecule has 1 aliphatic rings. The minimum absolute atomic E-state index is 0.0320. The zero-order chi connectivity index (χ0) is 23.3. The zero-order valence-electron chi connectivity index (χ0n) is 19.5. The fraction of sp³-hybridized carbons (Fsp3) is 0.625. The molecule has 0 saturated carbocycles. The maximum atomic E-state index is 13.0. The van der Waals surface area contributed by atoms with Crippen LogP contribution in [-0.2, 0) is 20.9 Å². The van der Waals surface area contributed by atoms with Crippen LogP contribution in [0.2, 0.25) is 0 Å². The summed E-state index contributed by atoms with van der Waals surface area (Å²) in [6.45, 7) is 6.43. The second kappa shape index (κ2) is 10.4. The molecule has 32 heavy (non-hydrogen) atoms. The fourth-order valence-electron chi connectivity index (χ4n) is 4.60. The van der Waals surface area contributed by atoms with Crippen molar-refractivity contribution in [2.45, 2.75) is 64.5 Å². The van der Waals surface area contributed by atoms with Crippen LogP contribution in [-0.4, -0.2) is 59.1 Å². The molecule has 0 bridgehead atoms. The van der Waals surface area contributed by atoms with Gasteiger partial charge in [-0.25, -0.2) is 4.98 Å². The number of amides is 2. The number of carbonyl (C=O) groups excluding carboxylic acids is 2. The van der Waals surface area contributed by atoms with Crippen LogP contribution < -0.4 is 11.5 Å². The topological polar surface area (TPSA) is 116 Å². The summed E-state index contributed by atoms with van der Waals surface area (Å²) in [4.78, 5) is 31.4. The van der Waals surface area contributed by atoms with Gasteiger partial charge in [-0.1, -0.05) is 26.0 Å². The van der Waals surface area contributed by atoms with E-state index >= 15 is 0 Å². The molecule has 1 aliphatic heterocycles. The van der Waals surface area contributed by atoms with Gasteiger partial charge in [-0.2, -0.15) is 0 Å². The number of ether oxygens (including phenoxy) is 1. The highest BCUT2D eigenvalue weighted by Gasteiger charge is 2.32. The Morgan fingerprint density at radius 3 is 2.78 bits per heavy atom. The van der Waals surface area contributed by atoms with Crippen molar-refractivity contribution in [3.63, 3.8) is 0 Å². The SMILES string of the molecule is COCCCn1c([C@@H]2CCCN(C(=O)C[C@@H](N)CC(C)(C)C(N)=O)C2)nc2ccccc21. The molecule has 0 aliphatic carbocycles. The maximum absolute atomic E-state index is 13.0. The quantitative estimate of drug-likeness (QED) is 0.547. The van der Waals surface area contributed by atoms with Crippen LogP contribution in [0, 0.1) is 5.41 Å². The minimum Gasteiger partial charge on any atom is -0.385 e. The standard InChI is InChI=1S/C24H37N5O3/c1-24(2,23(26)31)15-18(25)14-21(30)28-11-6-8-17(16-28)22-27-19-9-4-5-10-20(19)29(22)12-7-13-32-3/h4-5,9-10,17-18H,6-8,11-16,25H2,1-3H3,(H2,26,31)/t17-,18-/m1/s1. The number of fused-ring (bicyclic) bond motifs is 1. The highest BCUT2D eigenvalue weighted by Crippen LogP contribution is 2.30. The van der Waals surface area contributed by atoms with Gasteiger partial charge in [0.25, 0.3) is 0 Å². The number of rotatable bonds is 10. The number of nitrogens with two attached hydrogens (primary N) is 2. The van der Waals surface area contributed by atoms with E-state index in [9.17, 15) is 9.59 Å². The fourth-order valence-corrected chi connectivity index (χ4v) is 4.60. The average molecular weight is 444 g/mol. The summed E-state index contributed by atoms with van der Waals surface area (Å²) in [6.07, 6.45) is 3.44. The first-order valence-corrected chi connectivity index (χ1v) is 11.5. The van der Waals surface area contributed by atoms with Gasteiger partial charge in [0.2, 0.25) is 11.8 Å². The second-order valence-corrected chi connectivity index (χ2v) is 9.55. The van der Waals surface area contributed by atoms with Crippen LogP contribution in [0.1, 0.15) is 57.7 Å². The molecule has 176 valence electrons. The van der Waals surface area contributed by atoms with E-state index in [1.807, 2.05) is 23.1 Å². The molecule has 1 saturated heterocycles. The Morgan fingerprint density at radius 2 is 2.06 bits per heavy atom. The smallest absolute Gasteiger partial charge is 0.224 e. The van der Waals surface area contributed by atoms with E-state index in [4.69, 9.17) is 21.2 Å². The van der Waals surface area contributed by atoms with Crippen molar-refractivity contribution in [2.24, 2.45) is 16.9 Å². The third-order valence-corrected chi connectivity index (χ3v) is 6.43. The van der Waals surface area contributed by atoms with E-state index in [0.29, 0.717) is 19.6 Å². The first-order chi connectivity index (χ1) is 15.2. The number of nitrogens with zero attached hydrogens (tertiary/aromatic N) is 3. The number of imidazole rings is 1. The number of methoxy groups -OCH3 is 1. The number of aromatic nitrogens is 2. The van der Waals surface area contributed by atoms with Crippen molar-refractivity contribution in [3.05, 3.63) is 30.1 Å². The summed E-state index contributed by atoms with van der Waals surface area (Å²) in [5, 5.41) is 0. The van der Waals surface area contributed by atoms with Gasteiger partial charge in [0.05, 0.1) is 11.0 Å². The zero-order valence-corrected chi connectivity index (χ0v) is 19.5. The van der Waals surface area contributed by atoms with Crippen LogP contribution >= 0.6 is 0 Å². The lowest BCUT2D eigenvalue weighted by molar-refractivity contribution is -0.133. The molecule has 4 N–H and O–H groups in total. The van der Waals surface area contributed by atoms with E-state index in [-0.39, 0.29) is 18.2 Å². The minimum atomic E-state index is -0.725. The third kappa shape index (κ3) is 5.66. The third-order valence-electron chi connectivity index (χ3n) is 6.43. The Morgan fingerprint density at radius 1 is 1.31 bits per heavy atom. The molecule has 0 spiro atoms. The number of carbonyl (C=O) groups is 2. The van der Waals surface area contributed by atoms with Crippen LogP contribution in [0.4, 0.5) is 0 Å². The number of para-hydroxylation sites is 2. The van der Waals surface area contributed by atoms with Gasteiger partial charge in [-0.3, -0.25) is 9.59 Å². The lowest BCUT2D eigenvalue weighted by atomic mass is 9.84. The highest BCUT2D eigenvalue weighted by molar-refractivity contribution is 5.80. The van der Waals surface area contributed by atoms with Crippen LogP contribution in [0.5, 0.6) is 0 Å². The maximum Gasteiger partial charge on any atom is 0.224 e. The van der Waals surface area contributed by atoms with E-state index in [1.54, 1.807) is 21.0 Å². The predicted molar refractivity (Wildman–Crippen MR) is 125 cm³/mol. The van der Waals surface area contributed by atoms with Gasteiger partial charge in [-0.05, 0) is 37.8 Å². The summed E-state index contributed by atoms with van der Waals surface area (Å²) in [5.74, 6) is 0.857. The van der Waals surface area contributed by atoms with Gasteiger partial charge < -0.3 is 25.7 Å². The monoisotopic (exact) mass is 443 g/mol. The molecule has 1 fully saturated rings. The van der Waals surface area contributed by atoms with Gasteiger partial charge in [0.15, 0.2) is 0 Å². The molecule has 8 nitrogen and oxygen atoms in total. The number of benzene rings is 1. The average Bonchev–Trinajstić information content (AvgIpc) is 3.12. The lowest BCUT2D eigenvalue weighted by Gasteiger charge is -2.34. The summed E-state index contributed by atoms with van der Waals surface area (Å²) >= 11 is 0. The van der Waals surface area contributed by atoms with Gasteiger partial charge in [0, 0.05) is 57.1 Å². The number of piperidine rings is 1. The van der Waals surface area contributed by atoms with Crippen LogP contribution in [0.25, 0.3) is 11.0 Å². The number of likely N-dealkylation sites (tertiary alicyclic amines) is 1. The van der Waals surface area contributed by atoms with Crippen molar-refractivity contribution >= 4 is 22.8 Å². The second-order valence-electron chi connectivity index (χ2n) is 9.55. The van der Waals surface area contributed by atoms with E-state index in [1.165, 1.54) is 0 Å². The molecule has 1 aromatic heterocycles. The number of hydrogen-bond acceptors (Lipinski definition) is 5. The molecule has 1 aromatic carbocycles. The molecule has 2 aromatic rings. The molecule has 0 unspecified atom stereocenters. The first kappa shape index (κ1) is 24.2. The molecule has 3 rings (SSSR count). The summed E-state index contributed by atoms with van der Waals surface area (Å²) in [6, 6.07) is 7.78. The largest absolute Gasteiger partial charge is 0.385 e. The van der Waals surface area contributed by atoms with E-state index in [0.717, 1.165) is 49.2 Å². The Hall–Kier alpha value is -2.45. The van der Waals surface area contributed by atoms with Crippen LogP contribution in [0.15, 0.2) is 24.3 Å². The Balaban J connectivity index is 1.71. The molecule has 8 heteroatoms. The molecule has 0 radical (unpaired) electrons. The van der Waals surface area contributed by atoms with Crippen molar-refractivity contribution in [1.82, 2.24) is 14.5 Å². The molecular formula is C24H37N5O3. The number of primary amides is 1. The summed E-state index contributed by atoms with van der Waals surface area (Å²) in [7, 11) is 1.72. The molecule has 2 atom stereocenters. The Labute approximate surface area is 190 Å². The van der Waals surface area contributed by atoms with Crippen molar-refractivity contribution in [2.75, 3.05) is 26.8 Å².